The lowest BCUT2D eigenvalue weighted by molar-refractivity contribution is -0.119. The first kappa shape index (κ1) is 16.3. The van der Waals surface area contributed by atoms with Crippen molar-refractivity contribution in [3.05, 3.63) is 53.1 Å². The second-order valence-electron chi connectivity index (χ2n) is 5.53. The molecule has 0 aromatic heterocycles. The summed E-state index contributed by atoms with van der Waals surface area (Å²) < 4.78 is 5.36. The summed E-state index contributed by atoms with van der Waals surface area (Å²) in [6, 6.07) is 12.8. The van der Waals surface area contributed by atoms with Crippen LogP contribution in [-0.4, -0.2) is 18.4 Å². The van der Waals surface area contributed by atoms with E-state index in [2.05, 4.69) is 10.6 Å². The Hall–Kier alpha value is -2.53. The van der Waals surface area contributed by atoms with Gasteiger partial charge in [-0.1, -0.05) is 48.9 Å². The van der Waals surface area contributed by atoms with E-state index in [-0.39, 0.29) is 24.3 Å². The lowest BCUT2D eigenvalue weighted by atomic mass is 9.95. The molecule has 0 aliphatic carbocycles. The summed E-state index contributed by atoms with van der Waals surface area (Å²) >= 11 is 6.23. The van der Waals surface area contributed by atoms with Gasteiger partial charge in [-0.25, -0.2) is 0 Å². The SMILES string of the molecule is CCC(C(=O)Nc1cc2c(cc1Cl)NC(=O)CO2)c1ccccc1. The van der Waals surface area contributed by atoms with Gasteiger partial charge in [-0.15, -0.1) is 0 Å². The molecule has 1 atom stereocenters. The fraction of sp³-hybridized carbons (Fsp3) is 0.222. The number of hydrogen-bond acceptors (Lipinski definition) is 3. The van der Waals surface area contributed by atoms with Gasteiger partial charge in [0, 0.05) is 6.07 Å². The number of anilines is 2. The van der Waals surface area contributed by atoms with Gasteiger partial charge in [0.15, 0.2) is 6.61 Å². The number of hydrogen-bond donors (Lipinski definition) is 2. The molecule has 0 bridgehead atoms. The Morgan fingerprint density at radius 1 is 1.33 bits per heavy atom. The average molecular weight is 345 g/mol. The Balaban J connectivity index is 1.82. The molecule has 124 valence electrons. The highest BCUT2D eigenvalue weighted by Crippen LogP contribution is 2.37. The minimum atomic E-state index is -0.265. The lowest BCUT2D eigenvalue weighted by Gasteiger charge is -2.21. The maximum atomic E-state index is 12.6. The summed E-state index contributed by atoms with van der Waals surface area (Å²) in [6.45, 7) is 1.91. The zero-order valence-corrected chi connectivity index (χ0v) is 13.9. The Bertz CT molecular complexity index is 777. The molecule has 5 nitrogen and oxygen atoms in total. The van der Waals surface area contributed by atoms with E-state index in [0.717, 1.165) is 5.56 Å². The predicted octanol–water partition coefficient (Wildman–Crippen LogP) is 3.80. The quantitative estimate of drug-likeness (QED) is 0.886. The minimum absolute atomic E-state index is 0.0520. The smallest absolute Gasteiger partial charge is 0.262 e. The lowest BCUT2D eigenvalue weighted by Crippen LogP contribution is -2.26. The maximum absolute atomic E-state index is 12.6. The molecule has 1 aliphatic heterocycles. The van der Waals surface area contributed by atoms with Crippen molar-refractivity contribution < 1.29 is 14.3 Å². The van der Waals surface area contributed by atoms with E-state index in [1.54, 1.807) is 12.1 Å². The zero-order chi connectivity index (χ0) is 17.1. The molecule has 0 fully saturated rings. The van der Waals surface area contributed by atoms with Gasteiger partial charge in [0.2, 0.25) is 5.91 Å². The molecule has 2 aromatic rings. The van der Waals surface area contributed by atoms with Crippen LogP contribution >= 0.6 is 11.6 Å². The van der Waals surface area contributed by atoms with E-state index in [9.17, 15) is 9.59 Å². The van der Waals surface area contributed by atoms with Gasteiger partial charge in [0.1, 0.15) is 5.75 Å². The molecule has 3 rings (SSSR count). The van der Waals surface area contributed by atoms with Crippen LogP contribution in [0.15, 0.2) is 42.5 Å². The third-order valence-corrected chi connectivity index (χ3v) is 4.20. The molecule has 1 unspecified atom stereocenters. The molecule has 0 spiro atoms. The van der Waals surface area contributed by atoms with Crippen molar-refractivity contribution in [1.29, 1.82) is 0 Å². The van der Waals surface area contributed by atoms with Gasteiger partial charge in [-0.05, 0) is 18.1 Å². The van der Waals surface area contributed by atoms with Crippen LogP contribution in [0, 0.1) is 0 Å². The van der Waals surface area contributed by atoms with E-state index < -0.39 is 0 Å². The van der Waals surface area contributed by atoms with Gasteiger partial charge in [-0.3, -0.25) is 9.59 Å². The average Bonchev–Trinajstić information content (AvgIpc) is 2.57. The zero-order valence-electron chi connectivity index (χ0n) is 13.1. The molecule has 6 heteroatoms. The maximum Gasteiger partial charge on any atom is 0.262 e. The largest absolute Gasteiger partial charge is 0.482 e. The molecule has 2 aromatic carbocycles. The molecule has 2 amide bonds. The van der Waals surface area contributed by atoms with Crippen LogP contribution in [0.1, 0.15) is 24.8 Å². The summed E-state index contributed by atoms with van der Waals surface area (Å²) in [4.78, 5) is 24.0. The Morgan fingerprint density at radius 2 is 2.08 bits per heavy atom. The highest BCUT2D eigenvalue weighted by Gasteiger charge is 2.22. The van der Waals surface area contributed by atoms with E-state index >= 15 is 0 Å². The van der Waals surface area contributed by atoms with Crippen molar-refractivity contribution >= 4 is 34.8 Å². The van der Waals surface area contributed by atoms with E-state index in [0.29, 0.717) is 28.6 Å². The monoisotopic (exact) mass is 344 g/mol. The first-order valence-corrected chi connectivity index (χ1v) is 8.08. The predicted molar refractivity (Wildman–Crippen MR) is 93.7 cm³/mol. The van der Waals surface area contributed by atoms with Crippen LogP contribution < -0.4 is 15.4 Å². The highest BCUT2D eigenvalue weighted by atomic mass is 35.5. The van der Waals surface area contributed by atoms with E-state index in [1.165, 1.54) is 0 Å². The Morgan fingerprint density at radius 3 is 2.79 bits per heavy atom. The molecule has 0 saturated carbocycles. The summed E-state index contributed by atoms with van der Waals surface area (Å²) in [7, 11) is 0. The standard InChI is InChI=1S/C18H17ClN2O3/c1-2-12(11-6-4-3-5-7-11)18(23)21-14-9-16-15(8-13(14)19)20-17(22)10-24-16/h3-9,12H,2,10H2,1H3,(H,20,22)(H,21,23). The van der Waals surface area contributed by atoms with Gasteiger partial charge in [-0.2, -0.15) is 0 Å². The number of halogens is 1. The third kappa shape index (κ3) is 3.36. The number of fused-ring (bicyclic) bond motifs is 1. The van der Waals surface area contributed by atoms with Crippen LogP contribution in [-0.2, 0) is 9.59 Å². The van der Waals surface area contributed by atoms with Crippen LogP contribution in [0.5, 0.6) is 5.75 Å². The number of carbonyl (C=O) groups is 2. The Labute approximate surface area is 145 Å². The normalized spacial score (nSPS) is 14.2. The van der Waals surface area contributed by atoms with Crippen molar-refractivity contribution in [3.8, 4) is 5.75 Å². The van der Waals surface area contributed by atoms with Crippen LogP contribution in [0.2, 0.25) is 5.02 Å². The second-order valence-corrected chi connectivity index (χ2v) is 5.93. The van der Waals surface area contributed by atoms with Crippen LogP contribution in [0.3, 0.4) is 0 Å². The topological polar surface area (TPSA) is 67.4 Å². The summed E-state index contributed by atoms with van der Waals surface area (Å²) in [6.07, 6.45) is 0.672. The molecule has 1 aliphatic rings. The minimum Gasteiger partial charge on any atom is -0.482 e. The molecule has 0 radical (unpaired) electrons. The number of rotatable bonds is 4. The van der Waals surface area contributed by atoms with Crippen LogP contribution in [0.25, 0.3) is 0 Å². The number of amides is 2. The van der Waals surface area contributed by atoms with E-state index in [1.807, 2.05) is 37.3 Å². The fourth-order valence-electron chi connectivity index (χ4n) is 2.67. The van der Waals surface area contributed by atoms with E-state index in [4.69, 9.17) is 16.3 Å². The first-order chi connectivity index (χ1) is 11.6. The summed E-state index contributed by atoms with van der Waals surface area (Å²) in [5.74, 6) is -0.142. The second kappa shape index (κ2) is 6.93. The Kier molecular flexibility index (Phi) is 4.71. The van der Waals surface area contributed by atoms with Crippen molar-refractivity contribution in [2.45, 2.75) is 19.3 Å². The molecular formula is C18H17ClN2O3. The molecular weight excluding hydrogens is 328 g/mol. The molecule has 2 N–H and O–H groups in total. The van der Waals surface area contributed by atoms with Crippen LogP contribution in [0.4, 0.5) is 11.4 Å². The summed E-state index contributed by atoms with van der Waals surface area (Å²) in [5, 5.41) is 5.88. The van der Waals surface area contributed by atoms with Crippen molar-refractivity contribution in [3.63, 3.8) is 0 Å². The third-order valence-electron chi connectivity index (χ3n) is 3.89. The highest BCUT2D eigenvalue weighted by molar-refractivity contribution is 6.34. The first-order valence-electron chi connectivity index (χ1n) is 7.70. The number of benzene rings is 2. The number of carbonyl (C=O) groups excluding carboxylic acids is 2. The van der Waals surface area contributed by atoms with Gasteiger partial charge in [0.25, 0.3) is 5.91 Å². The van der Waals surface area contributed by atoms with Crippen molar-refractivity contribution in [2.24, 2.45) is 0 Å². The number of nitrogens with one attached hydrogen (secondary N) is 2. The van der Waals surface area contributed by atoms with Gasteiger partial charge < -0.3 is 15.4 Å². The van der Waals surface area contributed by atoms with Crippen molar-refractivity contribution in [2.75, 3.05) is 17.2 Å². The summed E-state index contributed by atoms with van der Waals surface area (Å²) in [5.41, 5.74) is 1.92. The van der Waals surface area contributed by atoms with Gasteiger partial charge >= 0.3 is 0 Å². The number of ether oxygens (including phenoxy) is 1. The fourth-order valence-corrected chi connectivity index (χ4v) is 2.88. The van der Waals surface area contributed by atoms with Gasteiger partial charge in [0.05, 0.1) is 22.3 Å². The molecule has 0 saturated heterocycles. The molecule has 24 heavy (non-hydrogen) atoms. The molecule has 1 heterocycles. The van der Waals surface area contributed by atoms with Crippen molar-refractivity contribution in [1.82, 2.24) is 0 Å².